The predicted octanol–water partition coefficient (Wildman–Crippen LogP) is 3.24. The third-order valence-corrected chi connectivity index (χ3v) is 8.46. The number of hydrogen-bond donors (Lipinski definition) is 3. The van der Waals surface area contributed by atoms with Gasteiger partial charge in [0.05, 0.1) is 19.4 Å². The molecule has 3 heterocycles. The second-order valence-corrected chi connectivity index (χ2v) is 10.1. The Hall–Kier alpha value is -1.50. The molecule has 3 N–H and O–H groups in total. The molecule has 0 aromatic heterocycles. The van der Waals surface area contributed by atoms with Crippen molar-refractivity contribution < 1.29 is 13.9 Å². The minimum absolute atomic E-state index is 0.0552. The molecule has 3 unspecified atom stereocenters. The average molecular weight is 430 g/mol. The van der Waals surface area contributed by atoms with Crippen molar-refractivity contribution in [3.8, 4) is 0 Å². The van der Waals surface area contributed by atoms with Gasteiger partial charge >= 0.3 is 0 Å². The third kappa shape index (κ3) is 3.91. The lowest BCUT2D eigenvalue weighted by Gasteiger charge is -2.52. The summed E-state index contributed by atoms with van der Waals surface area (Å²) in [7, 11) is 0. The molecule has 4 fully saturated rings. The van der Waals surface area contributed by atoms with Crippen molar-refractivity contribution in [1.29, 1.82) is 0 Å². The van der Waals surface area contributed by atoms with E-state index in [-0.39, 0.29) is 29.2 Å². The van der Waals surface area contributed by atoms with Gasteiger partial charge in [0.15, 0.2) is 0 Å². The van der Waals surface area contributed by atoms with Gasteiger partial charge in [0.1, 0.15) is 11.4 Å². The first-order valence-corrected chi connectivity index (χ1v) is 12.3. The van der Waals surface area contributed by atoms with E-state index in [0.29, 0.717) is 12.6 Å². The molecule has 4 atom stereocenters. The van der Waals surface area contributed by atoms with E-state index in [9.17, 15) is 9.18 Å². The number of piperidine rings is 1. The van der Waals surface area contributed by atoms with Crippen molar-refractivity contribution >= 4 is 5.91 Å². The van der Waals surface area contributed by atoms with Gasteiger partial charge < -0.3 is 15.4 Å². The molecule has 5 nitrogen and oxygen atoms in total. The van der Waals surface area contributed by atoms with Crippen LogP contribution < -0.4 is 16.0 Å². The topological polar surface area (TPSA) is 65.7 Å². The quantitative estimate of drug-likeness (QED) is 0.629. The molecule has 1 aromatic carbocycles. The van der Waals surface area contributed by atoms with E-state index in [2.05, 4.69) is 16.0 Å². The number of rotatable bonds is 5. The van der Waals surface area contributed by atoms with Gasteiger partial charge in [-0.05, 0) is 43.0 Å². The maximum Gasteiger partial charge on any atom is 0.241 e. The molecule has 1 saturated carbocycles. The van der Waals surface area contributed by atoms with Gasteiger partial charge in [-0.3, -0.25) is 10.1 Å². The Kier molecular flexibility index (Phi) is 6.06. The van der Waals surface area contributed by atoms with Gasteiger partial charge in [0.25, 0.3) is 0 Å². The summed E-state index contributed by atoms with van der Waals surface area (Å²) in [5.41, 5.74) is 0.236. The smallest absolute Gasteiger partial charge is 0.241 e. The van der Waals surface area contributed by atoms with Crippen LogP contribution in [0.15, 0.2) is 24.3 Å². The SMILES string of the molecule is O=C1NCNC12CCNCC2C(CC1CCCCCCC1)(c1ccc(F)cc1)[C@@H]1CO1. The average Bonchev–Trinajstić information content (AvgIpc) is 3.55. The first-order chi connectivity index (χ1) is 15.1. The zero-order chi connectivity index (χ0) is 21.3. The van der Waals surface area contributed by atoms with Crippen LogP contribution in [-0.4, -0.2) is 43.9 Å². The van der Waals surface area contributed by atoms with E-state index in [1.807, 2.05) is 12.1 Å². The Bertz CT molecular complexity index is 775. The van der Waals surface area contributed by atoms with E-state index in [1.54, 1.807) is 12.1 Å². The fraction of sp³-hybridized carbons (Fsp3) is 0.720. The molecule has 3 saturated heterocycles. The van der Waals surface area contributed by atoms with Gasteiger partial charge in [0, 0.05) is 17.9 Å². The molecular formula is C25H36FN3O2. The summed E-state index contributed by atoms with van der Waals surface area (Å²) in [6, 6.07) is 7.07. The van der Waals surface area contributed by atoms with Crippen LogP contribution in [0.5, 0.6) is 0 Å². The van der Waals surface area contributed by atoms with Gasteiger partial charge in [-0.25, -0.2) is 4.39 Å². The lowest BCUT2D eigenvalue weighted by Crippen LogP contribution is -2.67. The largest absolute Gasteiger partial charge is 0.372 e. The molecule has 170 valence electrons. The number of carbonyl (C=O) groups excluding carboxylic acids is 1. The molecule has 1 amide bonds. The molecule has 3 aliphatic heterocycles. The van der Waals surface area contributed by atoms with E-state index >= 15 is 0 Å². The van der Waals surface area contributed by atoms with Crippen LogP contribution in [0.4, 0.5) is 4.39 Å². The Balaban J connectivity index is 1.59. The van der Waals surface area contributed by atoms with Crippen molar-refractivity contribution in [2.24, 2.45) is 11.8 Å². The fourth-order valence-corrected chi connectivity index (χ4v) is 6.84. The minimum Gasteiger partial charge on any atom is -0.372 e. The molecule has 0 bridgehead atoms. The molecule has 1 aliphatic carbocycles. The zero-order valence-corrected chi connectivity index (χ0v) is 18.4. The van der Waals surface area contributed by atoms with Crippen LogP contribution in [0.25, 0.3) is 0 Å². The van der Waals surface area contributed by atoms with Gasteiger partial charge in [-0.15, -0.1) is 0 Å². The Morgan fingerprint density at radius 1 is 1.10 bits per heavy atom. The van der Waals surface area contributed by atoms with Crippen molar-refractivity contribution in [2.75, 3.05) is 26.4 Å². The Morgan fingerprint density at radius 3 is 2.45 bits per heavy atom. The Morgan fingerprint density at radius 2 is 1.81 bits per heavy atom. The van der Waals surface area contributed by atoms with E-state index in [4.69, 9.17) is 4.74 Å². The van der Waals surface area contributed by atoms with E-state index in [1.165, 1.54) is 44.9 Å². The van der Waals surface area contributed by atoms with Crippen LogP contribution >= 0.6 is 0 Å². The number of benzene rings is 1. The number of amides is 1. The number of epoxide rings is 1. The summed E-state index contributed by atoms with van der Waals surface area (Å²) in [4.78, 5) is 13.2. The van der Waals surface area contributed by atoms with E-state index in [0.717, 1.165) is 38.1 Å². The second kappa shape index (κ2) is 8.80. The molecule has 0 radical (unpaired) electrons. The monoisotopic (exact) mass is 429 g/mol. The third-order valence-electron chi connectivity index (χ3n) is 8.46. The predicted molar refractivity (Wildman–Crippen MR) is 118 cm³/mol. The standard InChI is InChI=1S/C25H36FN3O2/c26-20-10-8-19(9-11-20)24(22-16-31-22,14-18-6-4-2-1-3-5-7-18)21-15-27-13-12-25(21)23(30)28-17-29-25/h8-11,18,21-22,27,29H,1-7,12-17H2,(H,28,30)/t21?,22-,24?,25?/m0/s1. The normalized spacial score (nSPS) is 34.0. The number of carbonyl (C=O) groups is 1. The summed E-state index contributed by atoms with van der Waals surface area (Å²) in [6.07, 6.45) is 10.9. The fourth-order valence-electron chi connectivity index (χ4n) is 6.84. The molecule has 4 aliphatic rings. The van der Waals surface area contributed by atoms with Crippen molar-refractivity contribution in [1.82, 2.24) is 16.0 Å². The lowest BCUT2D eigenvalue weighted by atomic mass is 9.55. The van der Waals surface area contributed by atoms with Crippen LogP contribution in [0.2, 0.25) is 0 Å². The van der Waals surface area contributed by atoms with Crippen LogP contribution in [0.3, 0.4) is 0 Å². The highest BCUT2D eigenvalue weighted by Crippen LogP contribution is 2.53. The highest BCUT2D eigenvalue weighted by atomic mass is 19.1. The van der Waals surface area contributed by atoms with Crippen LogP contribution in [0, 0.1) is 17.7 Å². The minimum atomic E-state index is -0.590. The first-order valence-electron chi connectivity index (χ1n) is 12.3. The summed E-state index contributed by atoms with van der Waals surface area (Å²) in [5, 5.41) is 10.2. The van der Waals surface area contributed by atoms with Crippen molar-refractivity contribution in [3.05, 3.63) is 35.6 Å². The molecule has 1 spiro atoms. The molecule has 31 heavy (non-hydrogen) atoms. The highest BCUT2D eigenvalue weighted by molar-refractivity contribution is 5.89. The zero-order valence-electron chi connectivity index (χ0n) is 18.4. The maximum atomic E-state index is 13.9. The van der Waals surface area contributed by atoms with Crippen LogP contribution in [0.1, 0.15) is 63.4 Å². The van der Waals surface area contributed by atoms with Crippen LogP contribution in [-0.2, 0) is 14.9 Å². The highest BCUT2D eigenvalue weighted by Gasteiger charge is 2.63. The number of halogens is 1. The lowest BCUT2D eigenvalue weighted by molar-refractivity contribution is -0.129. The summed E-state index contributed by atoms with van der Waals surface area (Å²) < 4.78 is 20.0. The summed E-state index contributed by atoms with van der Waals surface area (Å²) in [6.45, 7) is 2.83. The van der Waals surface area contributed by atoms with E-state index < -0.39 is 5.54 Å². The molecule has 6 heteroatoms. The number of nitrogens with one attached hydrogen (secondary N) is 3. The maximum absolute atomic E-state index is 13.9. The van der Waals surface area contributed by atoms with Crippen molar-refractivity contribution in [3.63, 3.8) is 0 Å². The van der Waals surface area contributed by atoms with Gasteiger partial charge in [-0.1, -0.05) is 57.1 Å². The van der Waals surface area contributed by atoms with Gasteiger partial charge in [-0.2, -0.15) is 0 Å². The number of hydrogen-bond acceptors (Lipinski definition) is 4. The molecular weight excluding hydrogens is 393 g/mol. The first kappa shape index (κ1) is 21.4. The summed E-state index contributed by atoms with van der Waals surface area (Å²) in [5.74, 6) is 0.565. The summed E-state index contributed by atoms with van der Waals surface area (Å²) >= 11 is 0. The van der Waals surface area contributed by atoms with Gasteiger partial charge in [0.2, 0.25) is 5.91 Å². The number of ether oxygens (including phenoxy) is 1. The second-order valence-electron chi connectivity index (χ2n) is 10.1. The molecule has 5 rings (SSSR count). The van der Waals surface area contributed by atoms with Crippen molar-refractivity contribution in [2.45, 2.75) is 74.8 Å². The Labute approximate surface area is 184 Å². The molecule has 1 aromatic rings.